The SMILES string of the molecule is C[C@]12C(=O)C=CCC1=CCC1C2CC[C@@]2(O)C(=O)O[C@@]3(C)[C@H]4C[C@@]5(C)C6C(=O)[C@]1(OC[C@H]5C(=O)O4)O[C@]623. The zero-order valence-corrected chi connectivity index (χ0v) is 21.1. The third kappa shape index (κ3) is 1.97. The minimum Gasteiger partial charge on any atom is -0.458 e. The minimum absolute atomic E-state index is 0.0380. The van der Waals surface area contributed by atoms with E-state index in [2.05, 4.69) is 0 Å². The highest BCUT2D eigenvalue weighted by Gasteiger charge is 2.93. The van der Waals surface area contributed by atoms with Gasteiger partial charge in [-0.05, 0) is 63.4 Å². The van der Waals surface area contributed by atoms with Crippen LogP contribution in [0.4, 0.5) is 0 Å². The van der Waals surface area contributed by atoms with Gasteiger partial charge in [-0.2, -0.15) is 0 Å². The number of fused-ring (bicyclic) bond motifs is 5. The molecule has 5 bridgehead atoms. The van der Waals surface area contributed by atoms with Gasteiger partial charge in [0.15, 0.2) is 28.4 Å². The van der Waals surface area contributed by atoms with Crippen molar-refractivity contribution < 1.29 is 43.2 Å². The van der Waals surface area contributed by atoms with E-state index in [1.54, 1.807) is 13.0 Å². The Morgan fingerprint density at radius 3 is 2.65 bits per heavy atom. The molecule has 0 amide bonds. The largest absolute Gasteiger partial charge is 0.458 e. The van der Waals surface area contributed by atoms with Gasteiger partial charge in [0, 0.05) is 5.92 Å². The van der Waals surface area contributed by atoms with Crippen molar-refractivity contribution >= 4 is 23.5 Å². The van der Waals surface area contributed by atoms with Gasteiger partial charge in [0.25, 0.3) is 0 Å². The Morgan fingerprint density at radius 2 is 1.86 bits per heavy atom. The molecule has 9 nitrogen and oxygen atoms in total. The Bertz CT molecular complexity index is 1300. The van der Waals surface area contributed by atoms with Gasteiger partial charge in [-0.25, -0.2) is 4.79 Å². The summed E-state index contributed by atoms with van der Waals surface area (Å²) in [6.45, 7) is 5.29. The molecule has 5 saturated heterocycles. The maximum Gasteiger partial charge on any atom is 0.342 e. The monoisotopic (exact) mass is 510 g/mol. The van der Waals surface area contributed by atoms with Crippen molar-refractivity contribution in [2.24, 2.45) is 34.5 Å². The molecule has 196 valence electrons. The predicted octanol–water partition coefficient (Wildman–Crippen LogP) is 1.56. The van der Waals surface area contributed by atoms with Crippen LogP contribution in [0.25, 0.3) is 0 Å². The first kappa shape index (κ1) is 22.6. The van der Waals surface area contributed by atoms with E-state index in [1.807, 2.05) is 26.0 Å². The summed E-state index contributed by atoms with van der Waals surface area (Å²) in [5, 5.41) is 12.4. The fourth-order valence-electron chi connectivity index (χ4n) is 10.0. The molecular formula is C28H30O9. The molecule has 1 saturated carbocycles. The van der Waals surface area contributed by atoms with Gasteiger partial charge in [0.1, 0.15) is 6.10 Å². The quantitative estimate of drug-likeness (QED) is 0.382. The lowest BCUT2D eigenvalue weighted by Crippen LogP contribution is -2.79. The van der Waals surface area contributed by atoms with Crippen molar-refractivity contribution in [1.82, 2.24) is 0 Å². The number of esters is 2. The van der Waals surface area contributed by atoms with E-state index in [-0.39, 0.29) is 24.6 Å². The molecule has 8 aliphatic rings. The highest BCUT2D eigenvalue weighted by molar-refractivity contribution is 6.01. The van der Waals surface area contributed by atoms with E-state index >= 15 is 0 Å². The summed E-state index contributed by atoms with van der Waals surface area (Å²) in [5.74, 6) is -6.36. The third-order valence-electron chi connectivity index (χ3n) is 12.0. The summed E-state index contributed by atoms with van der Waals surface area (Å²) < 4.78 is 25.1. The normalized spacial score (nSPS) is 58.5. The lowest BCUT2D eigenvalue weighted by atomic mass is 9.46. The number of hydrogen-bond donors (Lipinski definition) is 1. The summed E-state index contributed by atoms with van der Waals surface area (Å²) in [6.07, 6.45) is 6.24. The topological polar surface area (TPSA) is 125 Å². The maximum atomic E-state index is 14.8. The van der Waals surface area contributed by atoms with Crippen LogP contribution in [0, 0.1) is 34.5 Å². The number of hydrogen-bond acceptors (Lipinski definition) is 9. The molecule has 0 aromatic rings. The number of rotatable bonds is 0. The third-order valence-corrected chi connectivity index (χ3v) is 12.0. The van der Waals surface area contributed by atoms with Crippen LogP contribution in [0.5, 0.6) is 0 Å². The van der Waals surface area contributed by atoms with Crippen molar-refractivity contribution in [3.05, 3.63) is 23.8 Å². The zero-order valence-electron chi connectivity index (χ0n) is 21.1. The van der Waals surface area contributed by atoms with Crippen LogP contribution in [-0.2, 0) is 38.1 Å². The molecule has 37 heavy (non-hydrogen) atoms. The number of allylic oxidation sites excluding steroid dienone is 4. The van der Waals surface area contributed by atoms with Gasteiger partial charge in [0.05, 0.1) is 23.9 Å². The Balaban J connectivity index is 1.43. The Morgan fingerprint density at radius 1 is 1.08 bits per heavy atom. The fourth-order valence-corrected chi connectivity index (χ4v) is 10.0. The number of ketones is 2. The van der Waals surface area contributed by atoms with E-state index in [1.165, 1.54) is 0 Å². The first-order valence-electron chi connectivity index (χ1n) is 13.4. The molecule has 11 atom stereocenters. The Kier molecular flexibility index (Phi) is 3.73. The van der Waals surface area contributed by atoms with Gasteiger partial charge in [0.2, 0.25) is 5.79 Å². The molecule has 0 aromatic heterocycles. The summed E-state index contributed by atoms with van der Waals surface area (Å²) in [7, 11) is 0. The van der Waals surface area contributed by atoms with Crippen molar-refractivity contribution in [2.75, 3.05) is 6.61 Å². The standard InChI is InChI=1S/C28H30O9/c1-23-11-18-25(3)28-19(23)20(30)27(37-28,34-12-16(23)21(31)35-18)15-8-7-13-5-4-6-17(29)24(13,2)14(15)9-10-26(28,33)22(32)36-25/h4,6-7,14-16,18-19,33H,5,8-12H2,1-3H3/t14?,15?,16-,18+,19?,23+,24-,25-,26+,27+,28-/m0/s1. The van der Waals surface area contributed by atoms with Crippen molar-refractivity contribution in [3.8, 4) is 0 Å². The second-order valence-electron chi connectivity index (χ2n) is 13.0. The molecule has 0 radical (unpaired) electrons. The number of ether oxygens (including phenoxy) is 4. The van der Waals surface area contributed by atoms with Crippen LogP contribution >= 0.6 is 0 Å². The summed E-state index contributed by atoms with van der Waals surface area (Å²) in [5.41, 5.74) is -6.43. The zero-order chi connectivity index (χ0) is 26.0. The minimum atomic E-state index is -2.17. The molecule has 0 aromatic carbocycles. The number of aliphatic hydroxyl groups is 1. The van der Waals surface area contributed by atoms with Crippen LogP contribution in [0.15, 0.2) is 23.8 Å². The molecule has 9 heteroatoms. The molecule has 3 unspecified atom stereocenters. The molecule has 1 N–H and O–H groups in total. The molecule has 6 fully saturated rings. The number of Topliss-reactive ketones (excluding diaryl/α,β-unsaturated/α-hetero) is 1. The van der Waals surface area contributed by atoms with Gasteiger partial charge < -0.3 is 24.1 Å². The average Bonchev–Trinajstić information content (AvgIpc) is 3.16. The second-order valence-corrected chi connectivity index (χ2v) is 13.0. The lowest BCUT2D eigenvalue weighted by Gasteiger charge is -2.63. The fraction of sp³-hybridized carbons (Fsp3) is 0.714. The highest BCUT2D eigenvalue weighted by Crippen LogP contribution is 2.75. The second kappa shape index (κ2) is 6.10. The van der Waals surface area contributed by atoms with Gasteiger partial charge in [-0.1, -0.05) is 24.6 Å². The van der Waals surface area contributed by atoms with Crippen LogP contribution in [-0.4, -0.2) is 63.9 Å². The van der Waals surface area contributed by atoms with Crippen LogP contribution in [0.1, 0.15) is 52.9 Å². The van der Waals surface area contributed by atoms with Gasteiger partial charge in [-0.3, -0.25) is 14.4 Å². The number of carbonyl (C=O) groups is 4. The van der Waals surface area contributed by atoms with Gasteiger partial charge >= 0.3 is 11.9 Å². The van der Waals surface area contributed by atoms with E-state index in [4.69, 9.17) is 18.9 Å². The van der Waals surface area contributed by atoms with Crippen LogP contribution in [0.3, 0.4) is 0 Å². The molecular weight excluding hydrogens is 480 g/mol. The Labute approximate surface area is 213 Å². The van der Waals surface area contributed by atoms with Crippen molar-refractivity contribution in [1.29, 1.82) is 0 Å². The van der Waals surface area contributed by atoms with Crippen LogP contribution in [0.2, 0.25) is 0 Å². The van der Waals surface area contributed by atoms with Crippen molar-refractivity contribution in [2.45, 2.75) is 81.6 Å². The molecule has 5 aliphatic heterocycles. The Hall–Kier alpha value is -2.36. The predicted molar refractivity (Wildman–Crippen MR) is 122 cm³/mol. The van der Waals surface area contributed by atoms with Gasteiger partial charge in [-0.15, -0.1) is 0 Å². The lowest BCUT2D eigenvalue weighted by molar-refractivity contribution is -0.374. The average molecular weight is 511 g/mol. The van der Waals surface area contributed by atoms with E-state index in [9.17, 15) is 24.3 Å². The molecule has 3 aliphatic carbocycles. The van der Waals surface area contributed by atoms with E-state index < -0.39 is 75.1 Å². The number of carbonyl (C=O) groups excluding carboxylic acids is 4. The van der Waals surface area contributed by atoms with Crippen LogP contribution < -0.4 is 0 Å². The van der Waals surface area contributed by atoms with E-state index in [0.717, 1.165) is 5.57 Å². The van der Waals surface area contributed by atoms with E-state index in [0.29, 0.717) is 25.7 Å². The molecule has 2 spiro atoms. The maximum absolute atomic E-state index is 14.8. The first-order valence-corrected chi connectivity index (χ1v) is 13.4. The molecule has 5 heterocycles. The smallest absolute Gasteiger partial charge is 0.342 e. The summed E-state index contributed by atoms with van der Waals surface area (Å²) in [6, 6.07) is 0. The van der Waals surface area contributed by atoms with Crippen molar-refractivity contribution in [3.63, 3.8) is 0 Å². The highest BCUT2D eigenvalue weighted by atomic mass is 16.8. The summed E-state index contributed by atoms with van der Waals surface area (Å²) in [4.78, 5) is 55.2. The first-order chi connectivity index (χ1) is 17.4. The molecule has 8 rings (SSSR count). The summed E-state index contributed by atoms with van der Waals surface area (Å²) >= 11 is 0.